The van der Waals surface area contributed by atoms with E-state index in [-0.39, 0.29) is 6.61 Å². The van der Waals surface area contributed by atoms with E-state index >= 15 is 0 Å². The van der Waals surface area contributed by atoms with E-state index in [1.54, 1.807) is 0 Å². The summed E-state index contributed by atoms with van der Waals surface area (Å²) in [5.41, 5.74) is 0. The second-order valence-electron chi connectivity index (χ2n) is 1.05. The van der Waals surface area contributed by atoms with Crippen molar-refractivity contribution < 1.29 is 10.2 Å². The Morgan fingerprint density at radius 2 is 2.43 bits per heavy atom. The Hall–Kier alpha value is 0.215. The summed E-state index contributed by atoms with van der Waals surface area (Å²) in [5, 5.41) is 16.6. The van der Waals surface area contributed by atoms with Crippen LogP contribution in [0.15, 0.2) is 4.67 Å². The number of hydrogen-bond acceptors (Lipinski definition) is 3. The van der Waals surface area contributed by atoms with E-state index in [0.717, 1.165) is 0 Å². The second kappa shape index (κ2) is 4.38. The molecule has 0 aromatic carbocycles. The molecule has 2 N–H and O–H groups in total. The number of nitrogens with zero attached hydrogens (tertiary/aromatic N) is 1. The van der Waals surface area contributed by atoms with E-state index in [2.05, 4.69) is 14.1 Å². The molecule has 3 nitrogen and oxygen atoms in total. The standard InChI is InChI=1S/C2H7BNO2P/c5-1-2(6)3-4-7/h2,5-6H,1,7H2. The Morgan fingerprint density at radius 3 is 2.57 bits per heavy atom. The fraction of sp³-hybridized carbons (Fsp3) is 1.00. The van der Waals surface area contributed by atoms with Gasteiger partial charge in [-0.25, -0.2) is 0 Å². The molecule has 0 bridgehead atoms. The Morgan fingerprint density at radius 1 is 1.86 bits per heavy atom. The van der Waals surface area contributed by atoms with Gasteiger partial charge in [0, 0.05) is 0 Å². The molecule has 0 amide bonds. The van der Waals surface area contributed by atoms with Gasteiger partial charge >= 0.3 is 44.0 Å². The molecular weight excluding hydrogens is 112 g/mol. The van der Waals surface area contributed by atoms with E-state index in [4.69, 9.17) is 10.2 Å². The maximum absolute atomic E-state index is 8.45. The summed E-state index contributed by atoms with van der Waals surface area (Å²) < 4.78 is 3.39. The van der Waals surface area contributed by atoms with Crippen LogP contribution in [0.1, 0.15) is 0 Å². The van der Waals surface area contributed by atoms with Gasteiger partial charge in [-0.2, -0.15) is 0 Å². The first-order valence-electron chi connectivity index (χ1n) is 1.83. The molecule has 2 unspecified atom stereocenters. The summed E-state index contributed by atoms with van der Waals surface area (Å²) in [6.45, 7) is -0.266. The molecule has 0 fully saturated rings. The van der Waals surface area contributed by atoms with Crippen molar-refractivity contribution in [2.75, 3.05) is 6.61 Å². The maximum atomic E-state index is 8.45. The summed E-state index contributed by atoms with van der Waals surface area (Å²) >= 11 is 0. The van der Waals surface area contributed by atoms with Crippen LogP contribution in [-0.2, 0) is 0 Å². The van der Waals surface area contributed by atoms with Crippen LogP contribution in [0.3, 0.4) is 0 Å². The fourth-order valence-electron chi connectivity index (χ4n) is 0.146. The van der Waals surface area contributed by atoms with Gasteiger partial charge in [-0.15, -0.1) is 0 Å². The first-order valence-corrected chi connectivity index (χ1v) is 2.35. The van der Waals surface area contributed by atoms with Crippen molar-refractivity contribution in [2.45, 2.75) is 6.00 Å². The molecule has 0 radical (unpaired) electrons. The van der Waals surface area contributed by atoms with Gasteiger partial charge in [0.05, 0.1) is 0 Å². The number of hydrogen-bond donors (Lipinski definition) is 2. The molecule has 0 rings (SSSR count). The van der Waals surface area contributed by atoms with Crippen LogP contribution in [0, 0.1) is 0 Å². The normalized spacial score (nSPS) is 14.1. The number of aliphatic hydroxyl groups is 2. The van der Waals surface area contributed by atoms with Crippen LogP contribution < -0.4 is 0 Å². The third-order valence-electron chi connectivity index (χ3n) is 0.445. The van der Waals surface area contributed by atoms with Gasteiger partial charge in [0.25, 0.3) is 0 Å². The van der Waals surface area contributed by atoms with Crippen molar-refractivity contribution >= 4 is 16.5 Å². The topological polar surface area (TPSA) is 52.8 Å². The van der Waals surface area contributed by atoms with Crippen LogP contribution >= 0.6 is 9.39 Å². The summed E-state index contributed by atoms with van der Waals surface area (Å²) in [7, 11) is 3.29. The monoisotopic (exact) mass is 119 g/mol. The van der Waals surface area contributed by atoms with E-state index in [0.29, 0.717) is 0 Å². The molecule has 5 heteroatoms. The zero-order valence-electron chi connectivity index (χ0n) is 3.78. The zero-order valence-corrected chi connectivity index (χ0v) is 4.94. The Kier molecular flexibility index (Phi) is 4.51. The molecule has 0 aliphatic heterocycles. The predicted octanol–water partition coefficient (Wildman–Crippen LogP) is -1.02. The molecule has 0 saturated carbocycles. The fourth-order valence-corrected chi connectivity index (χ4v) is 0.345. The molecule has 7 heavy (non-hydrogen) atoms. The minimum absolute atomic E-state index is 0.266. The van der Waals surface area contributed by atoms with Crippen LogP contribution in [0.2, 0.25) is 0 Å². The van der Waals surface area contributed by atoms with Crippen molar-refractivity contribution in [3.63, 3.8) is 0 Å². The first kappa shape index (κ1) is 7.21. The van der Waals surface area contributed by atoms with E-state index in [1.165, 1.54) is 7.07 Å². The predicted molar refractivity (Wildman–Crippen MR) is 31.0 cm³/mol. The van der Waals surface area contributed by atoms with Crippen molar-refractivity contribution in [1.82, 2.24) is 0 Å². The molecule has 0 aliphatic rings. The summed E-state index contributed by atoms with van der Waals surface area (Å²) in [6, 6.07) is -0.808. The second-order valence-corrected chi connectivity index (χ2v) is 1.35. The minimum atomic E-state index is -0.808. The van der Waals surface area contributed by atoms with E-state index in [9.17, 15) is 0 Å². The van der Waals surface area contributed by atoms with Crippen molar-refractivity contribution in [3.8, 4) is 0 Å². The van der Waals surface area contributed by atoms with E-state index in [1.807, 2.05) is 0 Å². The Bertz CT molecular complexity index is 68.7. The summed E-state index contributed by atoms with van der Waals surface area (Å²) in [6.07, 6.45) is 0. The summed E-state index contributed by atoms with van der Waals surface area (Å²) in [4.78, 5) is 0. The van der Waals surface area contributed by atoms with Gasteiger partial charge in [0.2, 0.25) is 0 Å². The van der Waals surface area contributed by atoms with Crippen molar-refractivity contribution in [3.05, 3.63) is 0 Å². The van der Waals surface area contributed by atoms with Crippen LogP contribution in [0.25, 0.3) is 0 Å². The van der Waals surface area contributed by atoms with E-state index < -0.39 is 6.00 Å². The average Bonchev–Trinajstić information content (AvgIpc) is 1.68. The number of aliphatic hydroxyl groups excluding tert-OH is 2. The molecule has 40 valence electrons. The Labute approximate surface area is 45.0 Å². The van der Waals surface area contributed by atoms with Crippen molar-refractivity contribution in [2.24, 2.45) is 4.67 Å². The van der Waals surface area contributed by atoms with Crippen LogP contribution in [-0.4, -0.2) is 29.9 Å². The molecule has 0 heterocycles. The first-order chi connectivity index (χ1) is 3.31. The average molecular weight is 119 g/mol. The molecule has 0 aliphatic carbocycles. The quantitative estimate of drug-likeness (QED) is 0.360. The van der Waals surface area contributed by atoms with Gasteiger partial charge in [-0.1, -0.05) is 0 Å². The van der Waals surface area contributed by atoms with Gasteiger partial charge in [-0.05, 0) is 0 Å². The molecule has 2 atom stereocenters. The molecule has 0 spiro atoms. The third kappa shape index (κ3) is 4.06. The molecule has 0 aromatic rings. The van der Waals surface area contributed by atoms with Crippen LogP contribution in [0.4, 0.5) is 0 Å². The zero-order chi connectivity index (χ0) is 5.70. The molecule has 0 saturated heterocycles. The molecule has 0 aromatic heterocycles. The number of rotatable bonds is 2. The van der Waals surface area contributed by atoms with Gasteiger partial charge < -0.3 is 0 Å². The van der Waals surface area contributed by atoms with Crippen LogP contribution in [0.5, 0.6) is 0 Å². The summed E-state index contributed by atoms with van der Waals surface area (Å²) in [5.74, 6) is 0. The van der Waals surface area contributed by atoms with Gasteiger partial charge in [-0.3, -0.25) is 0 Å². The van der Waals surface area contributed by atoms with Gasteiger partial charge in [0.1, 0.15) is 0 Å². The SMILES string of the molecule is OCC(O)B=NP. The van der Waals surface area contributed by atoms with Gasteiger partial charge in [0.15, 0.2) is 0 Å². The Balaban J connectivity index is 3.16. The van der Waals surface area contributed by atoms with Crippen molar-refractivity contribution in [1.29, 1.82) is 0 Å². The molecular formula is C2H7BNO2P. The third-order valence-corrected chi connectivity index (χ3v) is 0.617.